The maximum absolute atomic E-state index is 10.5. The maximum atomic E-state index is 10.5. The predicted octanol–water partition coefficient (Wildman–Crippen LogP) is -4.21. The van der Waals surface area contributed by atoms with E-state index in [1.165, 1.54) is 11.8 Å². The Morgan fingerprint density at radius 2 is 2.45 bits per heavy atom. The van der Waals surface area contributed by atoms with Gasteiger partial charge >= 0.3 is 29.6 Å². The second-order valence-electron chi connectivity index (χ2n) is 2.83. The number of aliphatic carboxylic acids is 1. The van der Waals surface area contributed by atoms with Gasteiger partial charge < -0.3 is 9.90 Å². The molecule has 0 radical (unpaired) electrons. The SMILES string of the molecule is C[C@H]1SC2(C(=O)[O-])NCC12.[Na+]. The van der Waals surface area contributed by atoms with Gasteiger partial charge in [-0.3, -0.25) is 5.32 Å². The summed E-state index contributed by atoms with van der Waals surface area (Å²) in [5.74, 6) is -0.644. The van der Waals surface area contributed by atoms with Crippen molar-refractivity contribution in [1.29, 1.82) is 0 Å². The topological polar surface area (TPSA) is 52.2 Å². The maximum Gasteiger partial charge on any atom is 1.00 e. The summed E-state index contributed by atoms with van der Waals surface area (Å²) in [5.41, 5.74) is 0. The van der Waals surface area contributed by atoms with Crippen LogP contribution in [0.15, 0.2) is 0 Å². The molecule has 1 N–H and O–H groups in total. The number of carboxylic acids is 1. The Kier molecular flexibility index (Phi) is 2.62. The van der Waals surface area contributed by atoms with Crippen LogP contribution in [0.5, 0.6) is 0 Å². The minimum Gasteiger partial charge on any atom is -0.547 e. The Labute approximate surface area is 91.6 Å². The average molecular weight is 181 g/mol. The van der Waals surface area contributed by atoms with Crippen LogP contribution in [0.25, 0.3) is 0 Å². The molecule has 3 nitrogen and oxygen atoms in total. The van der Waals surface area contributed by atoms with Gasteiger partial charge in [-0.2, -0.15) is 0 Å². The van der Waals surface area contributed by atoms with E-state index in [0.717, 1.165) is 6.54 Å². The molecule has 2 fully saturated rings. The van der Waals surface area contributed by atoms with E-state index in [-0.39, 0.29) is 29.6 Å². The zero-order chi connectivity index (χ0) is 7.35. The number of hydrogen-bond donors (Lipinski definition) is 1. The van der Waals surface area contributed by atoms with Gasteiger partial charge in [0.25, 0.3) is 0 Å². The fourth-order valence-electron chi connectivity index (χ4n) is 1.61. The smallest absolute Gasteiger partial charge is 0.547 e. The molecule has 2 aliphatic rings. The molecule has 2 saturated heterocycles. The summed E-state index contributed by atoms with van der Waals surface area (Å²) < 4.78 is 0. The van der Waals surface area contributed by atoms with Crippen LogP contribution >= 0.6 is 11.8 Å². The third-order valence-corrected chi connectivity index (χ3v) is 4.03. The molecule has 2 aliphatic heterocycles. The van der Waals surface area contributed by atoms with Crippen LogP contribution in [0.3, 0.4) is 0 Å². The normalized spacial score (nSPS) is 45.9. The Balaban J connectivity index is 0.000000605. The van der Waals surface area contributed by atoms with Crippen molar-refractivity contribution in [3.05, 3.63) is 0 Å². The largest absolute Gasteiger partial charge is 1.00 e. The standard InChI is InChI=1S/C6H9NO2S.Na/c1-3-4-2-7-6(4,10-3)5(8)9;/h3-4,7H,2H2,1H3,(H,8,9);/q;+1/p-1/t3-,4?,6?;/m1./s1. The Morgan fingerprint density at radius 3 is 2.55 bits per heavy atom. The number of thioether (sulfide) groups is 1. The van der Waals surface area contributed by atoms with Crippen molar-refractivity contribution in [2.24, 2.45) is 5.92 Å². The number of carboxylic acid groups (broad SMARTS) is 1. The monoisotopic (exact) mass is 181 g/mol. The molecule has 11 heavy (non-hydrogen) atoms. The van der Waals surface area contributed by atoms with Crippen LogP contribution in [-0.4, -0.2) is 22.6 Å². The van der Waals surface area contributed by atoms with E-state index >= 15 is 0 Å². The Hall–Kier alpha value is 0.780. The van der Waals surface area contributed by atoms with Gasteiger partial charge in [0.15, 0.2) is 0 Å². The first-order valence-corrected chi connectivity index (χ1v) is 4.19. The molecule has 0 aromatic rings. The molecule has 2 heterocycles. The molecule has 0 aromatic carbocycles. The molecule has 0 saturated carbocycles. The predicted molar refractivity (Wildman–Crippen MR) is 36.3 cm³/mol. The van der Waals surface area contributed by atoms with E-state index < -0.39 is 10.8 Å². The molecule has 5 heteroatoms. The van der Waals surface area contributed by atoms with E-state index in [9.17, 15) is 9.90 Å². The average Bonchev–Trinajstić information content (AvgIpc) is 1.80. The van der Waals surface area contributed by atoms with Gasteiger partial charge in [0.05, 0.1) is 5.97 Å². The minimum absolute atomic E-state index is 0. The van der Waals surface area contributed by atoms with Gasteiger partial charge in [0, 0.05) is 17.7 Å². The fourth-order valence-corrected chi connectivity index (χ4v) is 3.16. The van der Waals surface area contributed by atoms with E-state index in [4.69, 9.17) is 0 Å². The molecule has 3 atom stereocenters. The summed E-state index contributed by atoms with van der Waals surface area (Å²) in [6, 6.07) is 0. The van der Waals surface area contributed by atoms with Gasteiger partial charge in [0.1, 0.15) is 4.87 Å². The summed E-state index contributed by atoms with van der Waals surface area (Å²) in [6.45, 7) is 2.89. The molecule has 0 amide bonds. The molecule has 2 rings (SSSR count). The van der Waals surface area contributed by atoms with Crippen LogP contribution in [0.1, 0.15) is 6.92 Å². The molecule has 0 aliphatic carbocycles. The van der Waals surface area contributed by atoms with Gasteiger partial charge in [-0.25, -0.2) is 0 Å². The first-order valence-electron chi connectivity index (χ1n) is 3.31. The van der Waals surface area contributed by atoms with Crippen molar-refractivity contribution in [3.8, 4) is 0 Å². The van der Waals surface area contributed by atoms with Gasteiger partial charge in [0.2, 0.25) is 0 Å². The Bertz CT molecular complexity index is 201. The minimum atomic E-state index is -0.952. The van der Waals surface area contributed by atoms with E-state index in [0.29, 0.717) is 11.2 Å². The van der Waals surface area contributed by atoms with Gasteiger partial charge in [-0.1, -0.05) is 6.92 Å². The molecular formula is C6H8NNaO2S. The van der Waals surface area contributed by atoms with Crippen molar-refractivity contribution in [2.45, 2.75) is 17.0 Å². The van der Waals surface area contributed by atoms with Crippen LogP contribution < -0.4 is 40.0 Å². The second kappa shape index (κ2) is 2.92. The van der Waals surface area contributed by atoms with E-state index in [2.05, 4.69) is 12.2 Å². The molecule has 2 unspecified atom stereocenters. The zero-order valence-corrected chi connectivity index (χ0v) is 9.40. The zero-order valence-electron chi connectivity index (χ0n) is 6.59. The number of carbonyl (C=O) groups is 1. The molecule has 0 aromatic heterocycles. The third-order valence-electron chi connectivity index (χ3n) is 2.35. The summed E-state index contributed by atoms with van der Waals surface area (Å²) in [6.07, 6.45) is 0. The van der Waals surface area contributed by atoms with Crippen LogP contribution in [0, 0.1) is 5.92 Å². The molecule has 56 valence electrons. The molecule has 0 spiro atoms. The van der Waals surface area contributed by atoms with E-state index in [1.54, 1.807) is 0 Å². The van der Waals surface area contributed by atoms with Crippen LogP contribution in [0.4, 0.5) is 0 Å². The van der Waals surface area contributed by atoms with E-state index in [1.807, 2.05) is 0 Å². The number of rotatable bonds is 1. The molecule has 0 bridgehead atoms. The number of carbonyl (C=O) groups excluding carboxylic acids is 1. The summed E-state index contributed by atoms with van der Waals surface area (Å²) >= 11 is 1.46. The fraction of sp³-hybridized carbons (Fsp3) is 0.833. The van der Waals surface area contributed by atoms with Crippen molar-refractivity contribution in [2.75, 3.05) is 6.54 Å². The van der Waals surface area contributed by atoms with Crippen LogP contribution in [-0.2, 0) is 4.79 Å². The van der Waals surface area contributed by atoms with Crippen molar-refractivity contribution in [3.63, 3.8) is 0 Å². The number of hydrogen-bond acceptors (Lipinski definition) is 4. The third kappa shape index (κ3) is 1.08. The summed E-state index contributed by atoms with van der Waals surface area (Å²) in [7, 11) is 0. The number of fused-ring (bicyclic) bond motifs is 1. The van der Waals surface area contributed by atoms with Crippen molar-refractivity contribution < 1.29 is 39.5 Å². The van der Waals surface area contributed by atoms with Crippen molar-refractivity contribution >= 4 is 17.7 Å². The van der Waals surface area contributed by atoms with Crippen LogP contribution in [0.2, 0.25) is 0 Å². The molecular weight excluding hydrogens is 173 g/mol. The van der Waals surface area contributed by atoms with Gasteiger partial charge in [-0.15, -0.1) is 11.8 Å². The second-order valence-corrected chi connectivity index (χ2v) is 4.46. The van der Waals surface area contributed by atoms with Gasteiger partial charge in [-0.05, 0) is 0 Å². The first kappa shape index (κ1) is 9.86. The summed E-state index contributed by atoms with van der Waals surface area (Å²) in [4.78, 5) is 9.82. The van der Waals surface area contributed by atoms with Crippen molar-refractivity contribution in [1.82, 2.24) is 5.32 Å². The summed E-state index contributed by atoms with van der Waals surface area (Å²) in [5, 5.41) is 13.9. The Morgan fingerprint density at radius 1 is 1.82 bits per heavy atom. The first-order chi connectivity index (χ1) is 4.67. The number of nitrogens with one attached hydrogen (secondary N) is 1. The quantitative estimate of drug-likeness (QED) is 0.417.